The van der Waals surface area contributed by atoms with E-state index in [9.17, 15) is 19.7 Å². The van der Waals surface area contributed by atoms with Gasteiger partial charge >= 0.3 is 0 Å². The van der Waals surface area contributed by atoms with E-state index in [4.69, 9.17) is 16.0 Å². The van der Waals surface area contributed by atoms with Gasteiger partial charge in [0.2, 0.25) is 0 Å². The molecule has 2 N–H and O–H groups in total. The molecule has 0 aliphatic heterocycles. The van der Waals surface area contributed by atoms with Gasteiger partial charge in [0, 0.05) is 16.5 Å². The number of fused-ring (bicyclic) bond motifs is 1. The number of hydrogen-bond acceptors (Lipinski definition) is 6. The van der Waals surface area contributed by atoms with E-state index in [1.807, 2.05) is 0 Å². The van der Waals surface area contributed by atoms with Gasteiger partial charge in [0.25, 0.3) is 17.5 Å². The summed E-state index contributed by atoms with van der Waals surface area (Å²) in [5, 5.41) is 17.0. The number of hydrogen-bond donors (Lipinski definition) is 2. The van der Waals surface area contributed by atoms with Crippen LogP contribution in [0.1, 0.15) is 43.3 Å². The van der Waals surface area contributed by atoms with Crippen LogP contribution in [0.15, 0.2) is 41.0 Å². The van der Waals surface area contributed by atoms with Gasteiger partial charge in [-0.1, -0.05) is 11.6 Å². The van der Waals surface area contributed by atoms with Crippen molar-refractivity contribution in [3.05, 3.63) is 79.1 Å². The second-order valence-electron chi connectivity index (χ2n) is 6.70. The molecule has 4 rings (SSSR count). The minimum Gasteiger partial charge on any atom is -0.467 e. The zero-order chi connectivity index (χ0) is 21.3. The van der Waals surface area contributed by atoms with Crippen LogP contribution < -0.4 is 10.6 Å². The number of amides is 2. The van der Waals surface area contributed by atoms with Gasteiger partial charge in [-0.15, -0.1) is 11.3 Å². The molecule has 154 valence electrons. The lowest BCUT2D eigenvalue weighted by molar-refractivity contribution is -0.384. The predicted octanol–water partition coefficient (Wildman–Crippen LogP) is 4.57. The minimum atomic E-state index is -0.647. The molecule has 8 nitrogen and oxygen atoms in total. The molecular formula is C20H16ClN3O5S. The first-order chi connectivity index (χ1) is 14.4. The molecule has 2 amide bonds. The number of nitro groups is 1. The smallest absolute Gasteiger partial charge is 0.288 e. The molecule has 0 saturated heterocycles. The summed E-state index contributed by atoms with van der Waals surface area (Å²) >= 11 is 7.18. The van der Waals surface area contributed by atoms with E-state index >= 15 is 0 Å². The molecule has 2 aromatic heterocycles. The van der Waals surface area contributed by atoms with Crippen molar-refractivity contribution in [2.24, 2.45) is 0 Å². The molecule has 1 aliphatic carbocycles. The Bertz CT molecular complexity index is 1140. The van der Waals surface area contributed by atoms with Crippen LogP contribution in [-0.2, 0) is 19.4 Å². The van der Waals surface area contributed by atoms with Crippen LogP contribution in [0.25, 0.3) is 0 Å². The second-order valence-corrected chi connectivity index (χ2v) is 8.21. The number of rotatable bonds is 6. The van der Waals surface area contributed by atoms with Crippen molar-refractivity contribution in [1.82, 2.24) is 5.32 Å². The number of anilines is 1. The Kier molecular flexibility index (Phi) is 5.56. The first-order valence-electron chi connectivity index (χ1n) is 9.14. The number of thiophene rings is 1. The van der Waals surface area contributed by atoms with E-state index in [-0.39, 0.29) is 28.7 Å². The molecule has 30 heavy (non-hydrogen) atoms. The van der Waals surface area contributed by atoms with Crippen LogP contribution in [-0.4, -0.2) is 16.7 Å². The van der Waals surface area contributed by atoms with Crippen LogP contribution in [0.4, 0.5) is 10.7 Å². The van der Waals surface area contributed by atoms with Gasteiger partial charge in [-0.2, -0.15) is 0 Å². The monoisotopic (exact) mass is 445 g/mol. The largest absolute Gasteiger partial charge is 0.467 e. The van der Waals surface area contributed by atoms with Crippen molar-refractivity contribution in [3.63, 3.8) is 0 Å². The molecule has 1 aliphatic rings. The number of nitrogens with one attached hydrogen (secondary N) is 2. The molecule has 0 saturated carbocycles. The number of halogens is 1. The van der Waals surface area contributed by atoms with Gasteiger partial charge in [-0.05, 0) is 49.1 Å². The van der Waals surface area contributed by atoms with Gasteiger partial charge < -0.3 is 15.1 Å². The van der Waals surface area contributed by atoms with Crippen molar-refractivity contribution in [1.29, 1.82) is 0 Å². The second kappa shape index (κ2) is 8.29. The maximum Gasteiger partial charge on any atom is 0.288 e. The lowest BCUT2D eigenvalue weighted by Gasteiger charge is -2.09. The highest BCUT2D eigenvalue weighted by molar-refractivity contribution is 7.17. The third kappa shape index (κ3) is 3.94. The summed E-state index contributed by atoms with van der Waals surface area (Å²) in [7, 11) is 0. The van der Waals surface area contributed by atoms with Gasteiger partial charge in [0.15, 0.2) is 0 Å². The molecule has 0 atom stereocenters. The Hall–Kier alpha value is -3.17. The Balaban J connectivity index is 1.58. The molecule has 1 aromatic carbocycles. The van der Waals surface area contributed by atoms with Gasteiger partial charge in [-0.25, -0.2) is 0 Å². The highest BCUT2D eigenvalue weighted by atomic mass is 35.5. The number of benzene rings is 1. The third-order valence-corrected chi connectivity index (χ3v) is 6.31. The molecule has 10 heteroatoms. The lowest BCUT2D eigenvalue weighted by Crippen LogP contribution is -2.25. The summed E-state index contributed by atoms with van der Waals surface area (Å²) in [6.07, 6.45) is 4.09. The summed E-state index contributed by atoms with van der Waals surface area (Å²) in [5.41, 5.74) is 1.11. The van der Waals surface area contributed by atoms with Crippen LogP contribution >= 0.6 is 22.9 Å². The summed E-state index contributed by atoms with van der Waals surface area (Å²) in [5.74, 6) is -0.229. The number of aryl methyl sites for hydroxylation is 1. The highest BCUT2D eigenvalue weighted by Crippen LogP contribution is 2.39. The van der Waals surface area contributed by atoms with Crippen LogP contribution in [0.5, 0.6) is 0 Å². The number of nitrogens with zero attached hydrogens (tertiary/aromatic N) is 1. The standard InChI is InChI=1S/C20H16ClN3O5S/c21-14-7-6-11(9-15(14)24(27)28)18(25)23-20-17(13-4-1-5-16(13)30-20)19(26)22-10-12-3-2-8-29-12/h2-3,6-9H,1,4-5,10H2,(H,22,26)(H,23,25). The van der Waals surface area contributed by atoms with E-state index in [0.717, 1.165) is 35.8 Å². The van der Waals surface area contributed by atoms with E-state index in [2.05, 4.69) is 10.6 Å². The molecule has 0 bridgehead atoms. The minimum absolute atomic E-state index is 0.0513. The number of nitro benzene ring substituents is 1. The van der Waals surface area contributed by atoms with E-state index in [1.54, 1.807) is 12.1 Å². The highest BCUT2D eigenvalue weighted by Gasteiger charge is 2.28. The fraction of sp³-hybridized carbons (Fsp3) is 0.200. The molecule has 0 radical (unpaired) electrons. The maximum atomic E-state index is 12.9. The summed E-state index contributed by atoms with van der Waals surface area (Å²) < 4.78 is 5.24. The Morgan fingerprint density at radius 1 is 1.23 bits per heavy atom. The van der Waals surface area contributed by atoms with Crippen molar-refractivity contribution >= 4 is 45.4 Å². The van der Waals surface area contributed by atoms with Gasteiger partial charge in [-0.3, -0.25) is 19.7 Å². The molecule has 2 heterocycles. The zero-order valence-corrected chi connectivity index (χ0v) is 17.1. The number of carbonyl (C=O) groups excluding carboxylic acids is 2. The normalized spacial score (nSPS) is 12.4. The van der Waals surface area contributed by atoms with E-state index < -0.39 is 10.8 Å². The molecule has 0 fully saturated rings. The quantitative estimate of drug-likeness (QED) is 0.426. The van der Waals surface area contributed by atoms with Gasteiger partial charge in [0.05, 0.1) is 23.3 Å². The summed E-state index contributed by atoms with van der Waals surface area (Å²) in [6, 6.07) is 7.33. The first kappa shape index (κ1) is 20.1. The Labute approximate surface area is 180 Å². The topological polar surface area (TPSA) is 114 Å². The van der Waals surface area contributed by atoms with Crippen molar-refractivity contribution in [3.8, 4) is 0 Å². The molecule has 0 unspecified atom stereocenters. The van der Waals surface area contributed by atoms with Gasteiger partial charge in [0.1, 0.15) is 15.8 Å². The maximum absolute atomic E-state index is 12.9. The number of furan rings is 1. The fourth-order valence-electron chi connectivity index (χ4n) is 3.37. The van der Waals surface area contributed by atoms with Crippen molar-refractivity contribution in [2.45, 2.75) is 25.8 Å². The average Bonchev–Trinajstić information content (AvgIpc) is 3.43. The lowest BCUT2D eigenvalue weighted by atomic mass is 10.1. The average molecular weight is 446 g/mol. The predicted molar refractivity (Wildman–Crippen MR) is 112 cm³/mol. The fourth-order valence-corrected chi connectivity index (χ4v) is 4.84. The zero-order valence-electron chi connectivity index (χ0n) is 15.6. The third-order valence-electron chi connectivity index (χ3n) is 4.78. The first-order valence-corrected chi connectivity index (χ1v) is 10.3. The Morgan fingerprint density at radius 2 is 2.07 bits per heavy atom. The molecule has 3 aromatic rings. The van der Waals surface area contributed by atoms with Crippen LogP contribution in [0.3, 0.4) is 0 Å². The van der Waals surface area contributed by atoms with Crippen molar-refractivity contribution < 1.29 is 18.9 Å². The van der Waals surface area contributed by atoms with Crippen LogP contribution in [0, 0.1) is 10.1 Å². The summed E-state index contributed by atoms with van der Waals surface area (Å²) in [6.45, 7) is 0.229. The van der Waals surface area contributed by atoms with E-state index in [1.165, 1.54) is 29.7 Å². The summed E-state index contributed by atoms with van der Waals surface area (Å²) in [4.78, 5) is 37.1. The molecular weight excluding hydrogens is 430 g/mol. The van der Waals surface area contributed by atoms with Crippen LogP contribution in [0.2, 0.25) is 5.02 Å². The Morgan fingerprint density at radius 3 is 2.80 bits per heavy atom. The molecule has 0 spiro atoms. The number of carbonyl (C=O) groups is 2. The van der Waals surface area contributed by atoms with E-state index in [0.29, 0.717) is 16.3 Å². The van der Waals surface area contributed by atoms with Crippen molar-refractivity contribution in [2.75, 3.05) is 5.32 Å². The SMILES string of the molecule is O=C(Nc1sc2c(c1C(=O)NCc1ccco1)CCC2)c1ccc(Cl)c([N+](=O)[O-])c1.